The van der Waals surface area contributed by atoms with Crippen molar-refractivity contribution in [2.75, 3.05) is 17.2 Å². The van der Waals surface area contributed by atoms with E-state index in [2.05, 4.69) is 10.6 Å². The highest BCUT2D eigenvalue weighted by Crippen LogP contribution is 2.27. The molecule has 0 aliphatic carbocycles. The van der Waals surface area contributed by atoms with Crippen molar-refractivity contribution < 1.29 is 19.2 Å². The summed E-state index contributed by atoms with van der Waals surface area (Å²) >= 11 is 1.36. The van der Waals surface area contributed by atoms with Gasteiger partial charge in [0.2, 0.25) is 5.91 Å². The van der Waals surface area contributed by atoms with Crippen molar-refractivity contribution in [2.45, 2.75) is 24.0 Å². The zero-order valence-corrected chi connectivity index (χ0v) is 18.9. The average molecular weight is 466 g/mol. The Balaban J connectivity index is 1.58. The Morgan fingerprint density at radius 3 is 2.33 bits per heavy atom. The van der Waals surface area contributed by atoms with Crippen LogP contribution in [0, 0.1) is 10.1 Å². The zero-order valence-electron chi connectivity index (χ0n) is 18.1. The fraction of sp³-hybridized carbons (Fsp3) is 0.167. The van der Waals surface area contributed by atoms with Crippen molar-refractivity contribution in [3.05, 3.63) is 88.5 Å². The lowest BCUT2D eigenvalue weighted by Gasteiger charge is -2.13. The third-order valence-corrected chi connectivity index (χ3v) is 5.64. The van der Waals surface area contributed by atoms with Gasteiger partial charge in [-0.2, -0.15) is 0 Å². The van der Waals surface area contributed by atoms with Gasteiger partial charge in [0, 0.05) is 34.0 Å². The third kappa shape index (κ3) is 6.81. The number of carbonyl (C=O) groups excluding carboxylic acids is 2. The second-order valence-electron chi connectivity index (χ2n) is 6.99. The number of nitro groups is 1. The zero-order chi connectivity index (χ0) is 23.8. The van der Waals surface area contributed by atoms with E-state index in [4.69, 9.17) is 4.74 Å². The molecule has 3 aromatic carbocycles. The van der Waals surface area contributed by atoms with Crippen LogP contribution in [-0.4, -0.2) is 28.6 Å². The summed E-state index contributed by atoms with van der Waals surface area (Å²) < 4.78 is 5.40. The molecule has 0 aromatic heterocycles. The molecule has 3 rings (SSSR count). The number of nitro benzene ring substituents is 1. The van der Waals surface area contributed by atoms with E-state index >= 15 is 0 Å². The van der Waals surface area contributed by atoms with Crippen LogP contribution in [0.25, 0.3) is 0 Å². The molecule has 0 fully saturated rings. The number of anilines is 2. The van der Waals surface area contributed by atoms with Gasteiger partial charge < -0.3 is 15.4 Å². The first kappa shape index (κ1) is 23.8. The molecule has 8 nitrogen and oxygen atoms in total. The van der Waals surface area contributed by atoms with Crippen LogP contribution in [-0.2, 0) is 4.79 Å². The van der Waals surface area contributed by atoms with Crippen LogP contribution < -0.4 is 15.4 Å². The van der Waals surface area contributed by atoms with Crippen LogP contribution in [0.2, 0.25) is 0 Å². The number of hydrogen-bond donors (Lipinski definition) is 2. The molecule has 0 spiro atoms. The number of hydrogen-bond acceptors (Lipinski definition) is 6. The fourth-order valence-electron chi connectivity index (χ4n) is 2.89. The maximum Gasteiger partial charge on any atom is 0.269 e. The van der Waals surface area contributed by atoms with Gasteiger partial charge in [0.15, 0.2) is 0 Å². The molecule has 170 valence electrons. The lowest BCUT2D eigenvalue weighted by Crippen LogP contribution is -2.22. The summed E-state index contributed by atoms with van der Waals surface area (Å²) in [7, 11) is 0. The number of thioether (sulfide) groups is 1. The maximum absolute atomic E-state index is 12.6. The van der Waals surface area contributed by atoms with Crippen molar-refractivity contribution in [3.63, 3.8) is 0 Å². The summed E-state index contributed by atoms with van der Waals surface area (Å²) in [6.45, 7) is 4.29. The SMILES string of the molecule is CCOc1ccc(NC(=O)C(C)Sc2cccc(NC(=O)c3ccc([N+](=O)[O-])cc3)c2)cc1. The van der Waals surface area contributed by atoms with Gasteiger partial charge in [-0.15, -0.1) is 11.8 Å². The number of nitrogens with zero attached hydrogens (tertiary/aromatic N) is 1. The Labute approximate surface area is 195 Å². The molecular weight excluding hydrogens is 442 g/mol. The third-order valence-electron chi connectivity index (χ3n) is 4.55. The smallest absolute Gasteiger partial charge is 0.269 e. The number of amides is 2. The lowest BCUT2D eigenvalue weighted by atomic mass is 10.2. The van der Waals surface area contributed by atoms with E-state index in [1.165, 1.54) is 36.0 Å². The monoisotopic (exact) mass is 465 g/mol. The van der Waals surface area contributed by atoms with Gasteiger partial charge in [0.1, 0.15) is 5.75 Å². The number of carbonyl (C=O) groups is 2. The average Bonchev–Trinajstić information content (AvgIpc) is 2.80. The molecule has 0 aliphatic rings. The van der Waals surface area contributed by atoms with Gasteiger partial charge in [-0.25, -0.2) is 0 Å². The highest BCUT2D eigenvalue weighted by Gasteiger charge is 2.16. The number of benzene rings is 3. The molecule has 0 aliphatic heterocycles. The molecule has 1 atom stereocenters. The summed E-state index contributed by atoms with van der Waals surface area (Å²) in [6.07, 6.45) is 0. The van der Waals surface area contributed by atoms with Crippen LogP contribution >= 0.6 is 11.8 Å². The van der Waals surface area contributed by atoms with Crippen LogP contribution in [0.4, 0.5) is 17.1 Å². The Morgan fingerprint density at radius 2 is 1.70 bits per heavy atom. The Kier molecular flexibility index (Phi) is 8.04. The van der Waals surface area contributed by atoms with Crippen molar-refractivity contribution in [1.29, 1.82) is 0 Å². The molecule has 33 heavy (non-hydrogen) atoms. The van der Waals surface area contributed by atoms with Gasteiger partial charge in [0.05, 0.1) is 16.8 Å². The van der Waals surface area contributed by atoms with E-state index in [1.54, 1.807) is 49.4 Å². The molecule has 0 saturated carbocycles. The first-order valence-corrected chi connectivity index (χ1v) is 11.1. The maximum atomic E-state index is 12.6. The predicted molar refractivity (Wildman–Crippen MR) is 129 cm³/mol. The topological polar surface area (TPSA) is 111 Å². The largest absolute Gasteiger partial charge is 0.494 e. The molecule has 1 unspecified atom stereocenters. The van der Waals surface area contributed by atoms with E-state index < -0.39 is 4.92 Å². The van der Waals surface area contributed by atoms with Crippen LogP contribution in [0.1, 0.15) is 24.2 Å². The lowest BCUT2D eigenvalue weighted by molar-refractivity contribution is -0.384. The minimum absolute atomic E-state index is 0.0811. The molecule has 0 radical (unpaired) electrons. The number of nitrogens with one attached hydrogen (secondary N) is 2. The number of ether oxygens (including phenoxy) is 1. The van der Waals surface area contributed by atoms with Crippen LogP contribution in [0.15, 0.2) is 77.7 Å². The normalized spacial score (nSPS) is 11.3. The Morgan fingerprint density at radius 1 is 1.00 bits per heavy atom. The molecule has 3 aromatic rings. The Bertz CT molecular complexity index is 1130. The summed E-state index contributed by atoms with van der Waals surface area (Å²) in [5, 5.41) is 16.0. The van der Waals surface area contributed by atoms with E-state index in [0.717, 1.165) is 10.6 Å². The first-order valence-electron chi connectivity index (χ1n) is 10.2. The van der Waals surface area contributed by atoms with Gasteiger partial charge in [0.25, 0.3) is 11.6 Å². The fourth-order valence-corrected chi connectivity index (χ4v) is 3.81. The van der Waals surface area contributed by atoms with E-state index in [-0.39, 0.29) is 22.8 Å². The Hall–Kier alpha value is -3.85. The molecule has 0 saturated heterocycles. The minimum atomic E-state index is -0.518. The quantitative estimate of drug-likeness (QED) is 0.250. The van der Waals surface area contributed by atoms with Gasteiger partial charge in [-0.3, -0.25) is 19.7 Å². The van der Waals surface area contributed by atoms with Crippen LogP contribution in [0.3, 0.4) is 0 Å². The standard InChI is InChI=1S/C24H23N3O5S/c1-3-32-21-13-9-18(10-14-21)25-23(28)16(2)33-22-6-4-5-19(15-22)26-24(29)17-7-11-20(12-8-17)27(30)31/h4-16H,3H2,1-2H3,(H,25,28)(H,26,29). The van der Waals surface area contributed by atoms with E-state index in [0.29, 0.717) is 23.5 Å². The van der Waals surface area contributed by atoms with Gasteiger partial charge in [-0.05, 0) is 68.4 Å². The van der Waals surface area contributed by atoms with Gasteiger partial charge >= 0.3 is 0 Å². The van der Waals surface area contributed by atoms with E-state index in [9.17, 15) is 19.7 Å². The minimum Gasteiger partial charge on any atom is -0.494 e. The van der Waals surface area contributed by atoms with Gasteiger partial charge in [-0.1, -0.05) is 6.07 Å². The molecular formula is C24H23N3O5S. The van der Waals surface area contributed by atoms with Crippen molar-refractivity contribution in [3.8, 4) is 5.75 Å². The second kappa shape index (κ2) is 11.1. The molecule has 2 N–H and O–H groups in total. The highest BCUT2D eigenvalue weighted by molar-refractivity contribution is 8.00. The summed E-state index contributed by atoms with van der Waals surface area (Å²) in [5.41, 5.74) is 1.46. The second-order valence-corrected chi connectivity index (χ2v) is 8.41. The molecule has 2 amide bonds. The summed E-state index contributed by atoms with van der Waals surface area (Å²) in [4.78, 5) is 36.1. The summed E-state index contributed by atoms with van der Waals surface area (Å²) in [6, 6.07) is 19.7. The number of rotatable bonds is 9. The summed E-state index contributed by atoms with van der Waals surface area (Å²) in [5.74, 6) is 0.211. The van der Waals surface area contributed by atoms with Crippen molar-refractivity contribution in [1.82, 2.24) is 0 Å². The number of non-ortho nitro benzene ring substituents is 1. The molecule has 9 heteroatoms. The molecule has 0 bridgehead atoms. The predicted octanol–water partition coefficient (Wildman–Crippen LogP) is 5.37. The van der Waals surface area contributed by atoms with Crippen molar-refractivity contribution >= 4 is 40.6 Å². The molecule has 0 heterocycles. The highest BCUT2D eigenvalue weighted by atomic mass is 32.2. The van der Waals surface area contributed by atoms with Crippen LogP contribution in [0.5, 0.6) is 5.75 Å². The van der Waals surface area contributed by atoms with Crippen molar-refractivity contribution in [2.24, 2.45) is 0 Å². The first-order chi connectivity index (χ1) is 15.9. The van der Waals surface area contributed by atoms with E-state index in [1.807, 2.05) is 13.0 Å².